The van der Waals surface area contributed by atoms with Gasteiger partial charge in [-0.3, -0.25) is 4.79 Å². The summed E-state index contributed by atoms with van der Waals surface area (Å²) in [5.74, 6) is 0.976. The first-order valence-corrected chi connectivity index (χ1v) is 9.51. The van der Waals surface area contributed by atoms with E-state index in [1.807, 2.05) is 6.26 Å². The van der Waals surface area contributed by atoms with E-state index in [2.05, 4.69) is 4.72 Å². The maximum atomic E-state index is 12.1. The lowest BCUT2D eigenvalue weighted by molar-refractivity contribution is 0.0988. The van der Waals surface area contributed by atoms with E-state index in [0.29, 0.717) is 18.5 Å². The third-order valence-electron chi connectivity index (χ3n) is 2.85. The Bertz CT molecular complexity index is 541. The summed E-state index contributed by atoms with van der Waals surface area (Å²) < 4.78 is 26.8. The Balaban J connectivity index is 2.70. The molecule has 0 radical (unpaired) electrons. The van der Waals surface area contributed by atoms with Crippen LogP contribution in [-0.4, -0.2) is 32.8 Å². The first-order chi connectivity index (χ1) is 9.51. The second-order valence-corrected chi connectivity index (χ2v) is 7.15. The molecule has 0 fully saturated rings. The van der Waals surface area contributed by atoms with E-state index in [4.69, 9.17) is 0 Å². The summed E-state index contributed by atoms with van der Waals surface area (Å²) >= 11 is 1.75. The van der Waals surface area contributed by atoms with Crippen LogP contribution in [-0.2, 0) is 10.0 Å². The Morgan fingerprint density at radius 2 is 2.05 bits per heavy atom. The van der Waals surface area contributed by atoms with Crippen LogP contribution in [0.15, 0.2) is 29.2 Å². The van der Waals surface area contributed by atoms with E-state index in [1.165, 1.54) is 12.1 Å². The van der Waals surface area contributed by atoms with E-state index >= 15 is 0 Å². The van der Waals surface area contributed by atoms with Crippen molar-refractivity contribution in [2.24, 2.45) is 0 Å². The number of carbonyl (C=O) groups excluding carboxylic acids is 1. The fourth-order valence-corrected chi connectivity index (χ4v) is 3.31. The zero-order chi connectivity index (χ0) is 15.0. The molecule has 0 unspecified atom stereocenters. The quantitative estimate of drug-likeness (QED) is 0.562. The molecule has 0 aliphatic heterocycles. The molecule has 0 saturated carbocycles. The minimum absolute atomic E-state index is 0.0537. The second-order valence-electron chi connectivity index (χ2n) is 4.40. The monoisotopic (exact) mass is 315 g/mol. The number of nitrogens with one attached hydrogen (secondary N) is 1. The Kier molecular flexibility index (Phi) is 7.26. The topological polar surface area (TPSA) is 63.2 Å². The van der Waals surface area contributed by atoms with Crippen LogP contribution in [0, 0.1) is 0 Å². The van der Waals surface area contributed by atoms with Crippen molar-refractivity contribution in [3.63, 3.8) is 0 Å². The Morgan fingerprint density at radius 1 is 1.30 bits per heavy atom. The third kappa shape index (κ3) is 5.26. The van der Waals surface area contributed by atoms with Crippen LogP contribution < -0.4 is 4.72 Å². The number of rotatable bonds is 9. The molecule has 1 aromatic carbocycles. The number of carbonyl (C=O) groups is 1. The lowest BCUT2D eigenvalue weighted by atomic mass is 10.1. The van der Waals surface area contributed by atoms with Crippen molar-refractivity contribution in [2.45, 2.75) is 31.1 Å². The number of hydrogen-bond donors (Lipinski definition) is 1. The zero-order valence-corrected chi connectivity index (χ0v) is 13.5. The number of unbranched alkanes of at least 4 members (excludes halogenated alkanes) is 1. The first kappa shape index (κ1) is 17.2. The minimum Gasteiger partial charge on any atom is -0.294 e. The van der Waals surface area contributed by atoms with Gasteiger partial charge in [-0.25, -0.2) is 13.1 Å². The van der Waals surface area contributed by atoms with Gasteiger partial charge in [0, 0.05) is 18.5 Å². The number of benzene rings is 1. The smallest absolute Gasteiger partial charge is 0.240 e. The highest BCUT2D eigenvalue weighted by Crippen LogP contribution is 2.13. The summed E-state index contributed by atoms with van der Waals surface area (Å²) in [6.45, 7) is 2.18. The van der Waals surface area contributed by atoms with Crippen LogP contribution in [0.25, 0.3) is 0 Å². The molecule has 112 valence electrons. The third-order valence-corrected chi connectivity index (χ3v) is 5.01. The largest absolute Gasteiger partial charge is 0.294 e. The Labute approximate surface area is 125 Å². The average molecular weight is 315 g/mol. The van der Waals surface area contributed by atoms with Gasteiger partial charge in [0.05, 0.1) is 4.90 Å². The van der Waals surface area contributed by atoms with E-state index in [1.54, 1.807) is 30.8 Å². The average Bonchev–Trinajstić information content (AvgIpc) is 2.46. The van der Waals surface area contributed by atoms with E-state index in [-0.39, 0.29) is 10.7 Å². The Morgan fingerprint density at radius 3 is 2.70 bits per heavy atom. The fourth-order valence-electron chi connectivity index (χ4n) is 1.70. The number of sulfonamides is 1. The van der Waals surface area contributed by atoms with Crippen molar-refractivity contribution in [3.05, 3.63) is 29.8 Å². The predicted octanol–water partition coefficient (Wildman–Crippen LogP) is 2.70. The van der Waals surface area contributed by atoms with Crippen LogP contribution in [0.2, 0.25) is 0 Å². The van der Waals surface area contributed by atoms with Crippen molar-refractivity contribution >= 4 is 27.6 Å². The maximum Gasteiger partial charge on any atom is 0.240 e. The van der Waals surface area contributed by atoms with Crippen molar-refractivity contribution in [3.8, 4) is 0 Å². The number of hydrogen-bond acceptors (Lipinski definition) is 4. The van der Waals surface area contributed by atoms with Gasteiger partial charge in [0.2, 0.25) is 10.0 Å². The van der Waals surface area contributed by atoms with Crippen molar-refractivity contribution < 1.29 is 13.2 Å². The summed E-state index contributed by atoms with van der Waals surface area (Å²) in [7, 11) is -3.52. The lowest BCUT2D eigenvalue weighted by Gasteiger charge is -2.07. The molecule has 1 rings (SSSR count). The molecule has 0 aromatic heterocycles. The summed E-state index contributed by atoms with van der Waals surface area (Å²) in [5, 5.41) is 0. The number of Topliss-reactive ketones (excluding diaryl/α,β-unsaturated/α-hetero) is 1. The summed E-state index contributed by atoms with van der Waals surface area (Å²) in [5.41, 5.74) is 0.442. The zero-order valence-electron chi connectivity index (χ0n) is 11.9. The van der Waals surface area contributed by atoms with E-state index in [0.717, 1.165) is 18.6 Å². The van der Waals surface area contributed by atoms with E-state index in [9.17, 15) is 13.2 Å². The molecule has 0 aliphatic rings. The van der Waals surface area contributed by atoms with Gasteiger partial charge < -0.3 is 0 Å². The van der Waals surface area contributed by atoms with Crippen molar-refractivity contribution in [2.75, 3.05) is 18.6 Å². The normalized spacial score (nSPS) is 11.5. The molecule has 1 N–H and O–H groups in total. The lowest BCUT2D eigenvalue weighted by Crippen LogP contribution is -2.25. The highest BCUT2D eigenvalue weighted by molar-refractivity contribution is 7.98. The van der Waals surface area contributed by atoms with Gasteiger partial charge in [-0.1, -0.05) is 19.1 Å². The fraction of sp³-hybridized carbons (Fsp3) is 0.500. The minimum atomic E-state index is -3.52. The van der Waals surface area contributed by atoms with Gasteiger partial charge in [0.1, 0.15) is 0 Å². The molecule has 0 bridgehead atoms. The number of thioether (sulfide) groups is 1. The molecule has 20 heavy (non-hydrogen) atoms. The number of ketones is 1. The van der Waals surface area contributed by atoms with Crippen LogP contribution >= 0.6 is 11.8 Å². The van der Waals surface area contributed by atoms with Gasteiger partial charge in [-0.2, -0.15) is 11.8 Å². The van der Waals surface area contributed by atoms with Gasteiger partial charge in [-0.15, -0.1) is 0 Å². The van der Waals surface area contributed by atoms with Gasteiger partial charge >= 0.3 is 0 Å². The highest BCUT2D eigenvalue weighted by atomic mass is 32.2. The van der Waals surface area contributed by atoms with Crippen LogP contribution in [0.5, 0.6) is 0 Å². The standard InChI is InChI=1S/C14H21NO3S2/c1-3-14(16)12-7-6-8-13(11-12)20(17,18)15-9-4-5-10-19-2/h6-8,11,15H,3-5,9-10H2,1-2H3. The van der Waals surface area contributed by atoms with Crippen molar-refractivity contribution in [1.29, 1.82) is 0 Å². The molecule has 4 nitrogen and oxygen atoms in total. The Hall–Kier alpha value is -0.850. The van der Waals surface area contributed by atoms with Crippen molar-refractivity contribution in [1.82, 2.24) is 4.72 Å². The summed E-state index contributed by atoms with van der Waals surface area (Å²) in [6, 6.07) is 6.20. The molecule has 0 aliphatic carbocycles. The second kappa shape index (κ2) is 8.44. The molecule has 6 heteroatoms. The highest BCUT2D eigenvalue weighted by Gasteiger charge is 2.15. The van der Waals surface area contributed by atoms with Crippen LogP contribution in [0.4, 0.5) is 0 Å². The maximum absolute atomic E-state index is 12.1. The van der Waals surface area contributed by atoms with Crippen LogP contribution in [0.1, 0.15) is 36.5 Å². The molecule has 0 saturated heterocycles. The molecular formula is C14H21NO3S2. The summed E-state index contributed by atoms with van der Waals surface area (Å²) in [4.78, 5) is 11.8. The molecular weight excluding hydrogens is 294 g/mol. The molecule has 0 atom stereocenters. The molecule has 0 heterocycles. The first-order valence-electron chi connectivity index (χ1n) is 6.63. The predicted molar refractivity (Wildman–Crippen MR) is 83.9 cm³/mol. The molecule has 0 amide bonds. The SMILES string of the molecule is CCC(=O)c1cccc(S(=O)(=O)NCCCCSC)c1. The van der Waals surface area contributed by atoms with Gasteiger partial charge in [-0.05, 0) is 37.0 Å². The van der Waals surface area contributed by atoms with E-state index < -0.39 is 10.0 Å². The van der Waals surface area contributed by atoms with Crippen LogP contribution in [0.3, 0.4) is 0 Å². The summed E-state index contributed by atoms with van der Waals surface area (Å²) in [6.07, 6.45) is 4.19. The van der Waals surface area contributed by atoms with Gasteiger partial charge in [0.15, 0.2) is 5.78 Å². The molecule has 0 spiro atoms. The van der Waals surface area contributed by atoms with Gasteiger partial charge in [0.25, 0.3) is 0 Å². The molecule has 1 aromatic rings.